The Bertz CT molecular complexity index is 457. The molecule has 1 aromatic heterocycles. The van der Waals surface area contributed by atoms with Crippen LogP contribution in [0.3, 0.4) is 0 Å². The standard InChI is InChI=1S/C14H26N4O/c1-9(12-10(2)17-18(7)11(12)3)16-13(19)15-8-14(4,5)6/h9H,8H2,1-7H3,(H2,15,16,19)/t9-/m1/s1. The molecule has 0 aromatic carbocycles. The number of carbonyl (C=O) groups is 1. The van der Waals surface area contributed by atoms with Crippen LogP contribution in [-0.2, 0) is 7.05 Å². The summed E-state index contributed by atoms with van der Waals surface area (Å²) in [6.07, 6.45) is 0. The molecule has 0 radical (unpaired) electrons. The van der Waals surface area contributed by atoms with Gasteiger partial charge in [0.2, 0.25) is 0 Å². The number of aryl methyl sites for hydroxylation is 2. The predicted octanol–water partition coefficient (Wildman–Crippen LogP) is 2.44. The zero-order chi connectivity index (χ0) is 14.8. The first-order chi connectivity index (χ1) is 8.61. The van der Waals surface area contributed by atoms with Crippen molar-refractivity contribution >= 4 is 6.03 Å². The average Bonchev–Trinajstić information content (AvgIpc) is 2.49. The Morgan fingerprint density at radius 2 is 1.95 bits per heavy atom. The highest BCUT2D eigenvalue weighted by molar-refractivity contribution is 5.74. The molecule has 0 fully saturated rings. The summed E-state index contributed by atoms with van der Waals surface area (Å²) in [7, 11) is 1.91. The molecule has 0 aliphatic carbocycles. The highest BCUT2D eigenvalue weighted by Gasteiger charge is 2.19. The summed E-state index contributed by atoms with van der Waals surface area (Å²) in [4.78, 5) is 11.9. The van der Waals surface area contributed by atoms with E-state index in [1.807, 2.05) is 32.5 Å². The van der Waals surface area contributed by atoms with Gasteiger partial charge in [-0.05, 0) is 26.2 Å². The highest BCUT2D eigenvalue weighted by atomic mass is 16.2. The maximum Gasteiger partial charge on any atom is 0.315 e. The lowest BCUT2D eigenvalue weighted by molar-refractivity contribution is 0.232. The smallest absolute Gasteiger partial charge is 0.315 e. The van der Waals surface area contributed by atoms with Crippen molar-refractivity contribution in [3.8, 4) is 0 Å². The second kappa shape index (κ2) is 5.63. The van der Waals surface area contributed by atoms with E-state index >= 15 is 0 Å². The molecule has 0 aliphatic rings. The van der Waals surface area contributed by atoms with Gasteiger partial charge in [-0.1, -0.05) is 20.8 Å². The van der Waals surface area contributed by atoms with Crippen LogP contribution in [0, 0.1) is 19.3 Å². The van der Waals surface area contributed by atoms with Crippen molar-refractivity contribution in [1.29, 1.82) is 0 Å². The Balaban J connectivity index is 2.64. The average molecular weight is 266 g/mol. The van der Waals surface area contributed by atoms with Crippen molar-refractivity contribution in [3.05, 3.63) is 17.0 Å². The number of nitrogens with one attached hydrogen (secondary N) is 2. The predicted molar refractivity (Wildman–Crippen MR) is 77.1 cm³/mol. The summed E-state index contributed by atoms with van der Waals surface area (Å²) in [5.74, 6) is 0. The Hall–Kier alpha value is -1.52. The molecule has 1 aromatic rings. The van der Waals surface area contributed by atoms with Gasteiger partial charge in [0.25, 0.3) is 0 Å². The van der Waals surface area contributed by atoms with Gasteiger partial charge in [0.15, 0.2) is 0 Å². The Morgan fingerprint density at radius 3 is 2.37 bits per heavy atom. The zero-order valence-corrected chi connectivity index (χ0v) is 13.1. The van der Waals surface area contributed by atoms with Gasteiger partial charge in [-0.2, -0.15) is 5.10 Å². The van der Waals surface area contributed by atoms with Gasteiger partial charge >= 0.3 is 6.03 Å². The van der Waals surface area contributed by atoms with Gasteiger partial charge < -0.3 is 10.6 Å². The number of hydrogen-bond donors (Lipinski definition) is 2. The van der Waals surface area contributed by atoms with Crippen molar-refractivity contribution in [1.82, 2.24) is 20.4 Å². The number of urea groups is 1. The molecule has 0 aliphatic heterocycles. The van der Waals surface area contributed by atoms with Crippen LogP contribution >= 0.6 is 0 Å². The monoisotopic (exact) mass is 266 g/mol. The molecule has 1 atom stereocenters. The van der Waals surface area contributed by atoms with E-state index in [2.05, 4.69) is 36.5 Å². The second-order valence-electron chi connectivity index (χ2n) is 6.32. The Morgan fingerprint density at radius 1 is 1.37 bits per heavy atom. The fraction of sp³-hybridized carbons (Fsp3) is 0.714. The van der Waals surface area contributed by atoms with Gasteiger partial charge in [0, 0.05) is 24.8 Å². The lowest BCUT2D eigenvalue weighted by atomic mass is 9.97. The van der Waals surface area contributed by atoms with Crippen LogP contribution in [0.1, 0.15) is 50.7 Å². The fourth-order valence-corrected chi connectivity index (χ4v) is 2.08. The molecule has 0 spiro atoms. The Kier molecular flexibility index (Phi) is 4.61. The van der Waals surface area contributed by atoms with Crippen LogP contribution in [0.25, 0.3) is 0 Å². The van der Waals surface area contributed by atoms with Crippen LogP contribution in [0.4, 0.5) is 4.79 Å². The largest absolute Gasteiger partial charge is 0.338 e. The third-order valence-corrected chi connectivity index (χ3v) is 3.12. The normalized spacial score (nSPS) is 13.2. The van der Waals surface area contributed by atoms with Crippen LogP contribution in [-0.4, -0.2) is 22.4 Å². The molecule has 0 saturated heterocycles. The van der Waals surface area contributed by atoms with Gasteiger partial charge in [-0.25, -0.2) is 4.79 Å². The van der Waals surface area contributed by atoms with E-state index in [9.17, 15) is 4.79 Å². The molecule has 0 bridgehead atoms. The molecular formula is C14H26N4O. The SMILES string of the molecule is Cc1nn(C)c(C)c1[C@@H](C)NC(=O)NCC(C)(C)C. The molecule has 0 unspecified atom stereocenters. The number of carbonyl (C=O) groups excluding carboxylic acids is 1. The van der Waals surface area contributed by atoms with Crippen molar-refractivity contribution in [2.24, 2.45) is 12.5 Å². The van der Waals surface area contributed by atoms with Crippen LogP contribution in [0.15, 0.2) is 0 Å². The quantitative estimate of drug-likeness (QED) is 0.883. The molecule has 1 rings (SSSR count). The van der Waals surface area contributed by atoms with Gasteiger partial charge in [-0.15, -0.1) is 0 Å². The van der Waals surface area contributed by atoms with E-state index in [1.165, 1.54) is 0 Å². The minimum atomic E-state index is -0.134. The van der Waals surface area contributed by atoms with Crippen LogP contribution in [0.2, 0.25) is 0 Å². The lowest BCUT2D eigenvalue weighted by Gasteiger charge is -2.21. The maximum atomic E-state index is 11.9. The van der Waals surface area contributed by atoms with Crippen molar-refractivity contribution in [2.75, 3.05) is 6.54 Å². The van der Waals surface area contributed by atoms with Crippen LogP contribution < -0.4 is 10.6 Å². The number of nitrogens with zero attached hydrogens (tertiary/aromatic N) is 2. The van der Waals surface area contributed by atoms with E-state index in [0.29, 0.717) is 6.54 Å². The summed E-state index contributed by atoms with van der Waals surface area (Å²) in [5.41, 5.74) is 3.22. The molecule has 0 saturated carbocycles. The summed E-state index contributed by atoms with van der Waals surface area (Å²) < 4.78 is 1.84. The summed E-state index contributed by atoms with van der Waals surface area (Å²) in [6, 6.07) is -0.182. The van der Waals surface area contributed by atoms with Gasteiger partial charge in [-0.3, -0.25) is 4.68 Å². The second-order valence-corrected chi connectivity index (χ2v) is 6.32. The van der Waals surface area contributed by atoms with Crippen molar-refractivity contribution < 1.29 is 4.79 Å². The topological polar surface area (TPSA) is 59.0 Å². The first kappa shape index (κ1) is 15.5. The van der Waals surface area contributed by atoms with Crippen LogP contribution in [0.5, 0.6) is 0 Å². The molecule has 5 heteroatoms. The number of amides is 2. The first-order valence-corrected chi connectivity index (χ1v) is 6.66. The molecule has 2 N–H and O–H groups in total. The number of hydrogen-bond acceptors (Lipinski definition) is 2. The van der Waals surface area contributed by atoms with E-state index in [1.54, 1.807) is 0 Å². The fourth-order valence-electron chi connectivity index (χ4n) is 2.08. The Labute approximate surface area is 115 Å². The van der Waals surface area contributed by atoms with E-state index in [4.69, 9.17) is 0 Å². The third-order valence-electron chi connectivity index (χ3n) is 3.12. The summed E-state index contributed by atoms with van der Waals surface area (Å²) in [6.45, 7) is 12.9. The molecule has 19 heavy (non-hydrogen) atoms. The maximum absolute atomic E-state index is 11.9. The number of rotatable bonds is 3. The molecule has 5 nitrogen and oxygen atoms in total. The molecule has 2 amide bonds. The lowest BCUT2D eigenvalue weighted by Crippen LogP contribution is -2.41. The minimum Gasteiger partial charge on any atom is -0.338 e. The molecule has 1 heterocycles. The van der Waals surface area contributed by atoms with Crippen molar-refractivity contribution in [2.45, 2.75) is 47.6 Å². The van der Waals surface area contributed by atoms with E-state index in [0.717, 1.165) is 17.0 Å². The number of aromatic nitrogens is 2. The summed E-state index contributed by atoms with van der Waals surface area (Å²) >= 11 is 0. The first-order valence-electron chi connectivity index (χ1n) is 6.66. The highest BCUT2D eigenvalue weighted by Crippen LogP contribution is 2.20. The zero-order valence-electron chi connectivity index (χ0n) is 13.1. The molecular weight excluding hydrogens is 240 g/mol. The minimum absolute atomic E-state index is 0.0475. The van der Waals surface area contributed by atoms with E-state index in [-0.39, 0.29) is 17.5 Å². The third kappa shape index (κ3) is 4.26. The van der Waals surface area contributed by atoms with Gasteiger partial charge in [0.1, 0.15) is 0 Å². The van der Waals surface area contributed by atoms with Crippen molar-refractivity contribution in [3.63, 3.8) is 0 Å². The van der Waals surface area contributed by atoms with E-state index < -0.39 is 0 Å². The molecule has 108 valence electrons. The summed E-state index contributed by atoms with van der Waals surface area (Å²) in [5, 5.41) is 10.2. The van der Waals surface area contributed by atoms with Gasteiger partial charge in [0.05, 0.1) is 11.7 Å².